The minimum Gasteiger partial charge on any atom is -0.364 e. The molecule has 3 rings (SSSR count). The van der Waals surface area contributed by atoms with Crippen LogP contribution in [0, 0.1) is 0 Å². The van der Waals surface area contributed by atoms with Crippen LogP contribution in [0.2, 0.25) is 5.15 Å². The van der Waals surface area contributed by atoms with Crippen LogP contribution in [-0.2, 0) is 13.1 Å². The molecule has 0 radical (unpaired) electrons. The highest BCUT2D eigenvalue weighted by atomic mass is 35.5. The van der Waals surface area contributed by atoms with Crippen LogP contribution in [0.15, 0.2) is 24.7 Å². The smallest absolute Gasteiger partial charge is 0.152 e. The first kappa shape index (κ1) is 12.5. The van der Waals surface area contributed by atoms with Crippen LogP contribution in [0.4, 0.5) is 5.82 Å². The number of anilines is 1. The largest absolute Gasteiger partial charge is 0.364 e. The van der Waals surface area contributed by atoms with Gasteiger partial charge in [-0.25, -0.2) is 9.97 Å². The minimum absolute atomic E-state index is 0.559. The molecular formula is C14H17ClN4. The van der Waals surface area contributed by atoms with Crippen molar-refractivity contribution in [2.75, 3.05) is 5.32 Å². The molecule has 0 unspecified atom stereocenters. The van der Waals surface area contributed by atoms with Crippen LogP contribution in [0.25, 0.3) is 0 Å². The van der Waals surface area contributed by atoms with Crippen molar-refractivity contribution in [1.82, 2.24) is 14.5 Å². The van der Waals surface area contributed by atoms with Crippen LogP contribution in [-0.4, -0.2) is 14.5 Å². The van der Waals surface area contributed by atoms with Crippen LogP contribution in [0.5, 0.6) is 0 Å². The topological polar surface area (TPSA) is 42.7 Å². The Bertz CT molecular complexity index is 557. The normalized spacial score (nSPS) is 14.6. The molecular weight excluding hydrogens is 260 g/mol. The number of aromatic nitrogens is 3. The molecule has 19 heavy (non-hydrogen) atoms. The van der Waals surface area contributed by atoms with E-state index in [-0.39, 0.29) is 0 Å². The SMILES string of the molecule is CCn1cnc(Cl)c1CNc1ccc(C2CC2)cn1. The maximum atomic E-state index is 6.07. The molecule has 2 heterocycles. The summed E-state index contributed by atoms with van der Waals surface area (Å²) in [6.07, 6.45) is 6.35. The molecule has 1 aliphatic rings. The van der Waals surface area contributed by atoms with E-state index in [1.807, 2.05) is 16.8 Å². The lowest BCUT2D eigenvalue weighted by Gasteiger charge is -2.08. The molecule has 2 aromatic rings. The molecule has 1 saturated carbocycles. The Morgan fingerprint density at radius 3 is 2.84 bits per heavy atom. The average Bonchev–Trinajstić information content (AvgIpc) is 3.22. The Hall–Kier alpha value is -1.55. The van der Waals surface area contributed by atoms with E-state index in [1.165, 1.54) is 18.4 Å². The van der Waals surface area contributed by atoms with Gasteiger partial charge in [0.1, 0.15) is 5.82 Å². The third-order valence-corrected chi connectivity index (χ3v) is 3.82. The lowest BCUT2D eigenvalue weighted by molar-refractivity contribution is 0.719. The fraction of sp³-hybridized carbons (Fsp3) is 0.429. The number of hydrogen-bond acceptors (Lipinski definition) is 3. The van der Waals surface area contributed by atoms with Gasteiger partial charge in [-0.3, -0.25) is 0 Å². The van der Waals surface area contributed by atoms with Crippen LogP contribution in [0.1, 0.15) is 36.9 Å². The molecule has 0 aliphatic heterocycles. The predicted molar refractivity (Wildman–Crippen MR) is 76.4 cm³/mol. The van der Waals surface area contributed by atoms with Gasteiger partial charge in [0.2, 0.25) is 0 Å². The molecule has 0 amide bonds. The Morgan fingerprint density at radius 2 is 2.21 bits per heavy atom. The quantitative estimate of drug-likeness (QED) is 0.910. The maximum Gasteiger partial charge on any atom is 0.152 e. The van der Waals surface area contributed by atoms with Gasteiger partial charge in [0.25, 0.3) is 0 Å². The average molecular weight is 277 g/mol. The molecule has 1 aliphatic carbocycles. The van der Waals surface area contributed by atoms with E-state index < -0.39 is 0 Å². The number of nitrogens with one attached hydrogen (secondary N) is 1. The molecule has 2 aromatic heterocycles. The van der Waals surface area contributed by atoms with E-state index in [9.17, 15) is 0 Å². The lowest BCUT2D eigenvalue weighted by Crippen LogP contribution is -2.07. The van der Waals surface area contributed by atoms with Crippen molar-refractivity contribution in [3.8, 4) is 0 Å². The summed E-state index contributed by atoms with van der Waals surface area (Å²) in [5, 5.41) is 3.85. The zero-order valence-corrected chi connectivity index (χ0v) is 11.7. The second-order valence-corrected chi connectivity index (χ2v) is 5.23. The van der Waals surface area contributed by atoms with E-state index >= 15 is 0 Å². The van der Waals surface area contributed by atoms with E-state index in [0.717, 1.165) is 24.0 Å². The molecule has 4 nitrogen and oxygen atoms in total. The minimum atomic E-state index is 0.559. The number of hydrogen-bond donors (Lipinski definition) is 1. The molecule has 5 heteroatoms. The predicted octanol–water partition coefficient (Wildman–Crippen LogP) is 3.44. The summed E-state index contributed by atoms with van der Waals surface area (Å²) in [7, 11) is 0. The van der Waals surface area contributed by atoms with E-state index in [2.05, 4.69) is 28.3 Å². The van der Waals surface area contributed by atoms with Crippen molar-refractivity contribution >= 4 is 17.4 Å². The van der Waals surface area contributed by atoms with Crippen LogP contribution in [0.3, 0.4) is 0 Å². The molecule has 1 fully saturated rings. The lowest BCUT2D eigenvalue weighted by atomic mass is 10.2. The maximum absolute atomic E-state index is 6.07. The summed E-state index contributed by atoms with van der Waals surface area (Å²) in [6.45, 7) is 3.58. The van der Waals surface area contributed by atoms with Crippen molar-refractivity contribution in [3.05, 3.63) is 41.1 Å². The van der Waals surface area contributed by atoms with Gasteiger partial charge in [-0.1, -0.05) is 17.7 Å². The van der Waals surface area contributed by atoms with Crippen molar-refractivity contribution in [2.45, 2.75) is 38.8 Å². The summed E-state index contributed by atoms with van der Waals surface area (Å²) in [4.78, 5) is 8.55. The Kier molecular flexibility index (Phi) is 3.42. The second-order valence-electron chi connectivity index (χ2n) is 4.87. The molecule has 0 spiro atoms. The molecule has 0 bridgehead atoms. The van der Waals surface area contributed by atoms with Gasteiger partial charge in [-0.2, -0.15) is 0 Å². The summed E-state index contributed by atoms with van der Waals surface area (Å²) in [5.41, 5.74) is 2.35. The molecule has 1 N–H and O–H groups in total. The monoisotopic (exact) mass is 276 g/mol. The summed E-state index contributed by atoms with van der Waals surface area (Å²) in [6, 6.07) is 4.19. The van der Waals surface area contributed by atoms with Gasteiger partial charge in [-0.05, 0) is 37.3 Å². The van der Waals surface area contributed by atoms with Crippen molar-refractivity contribution < 1.29 is 0 Å². The number of imidazole rings is 1. The molecule has 0 aromatic carbocycles. The fourth-order valence-electron chi connectivity index (χ4n) is 2.17. The first-order valence-corrected chi connectivity index (χ1v) is 7.05. The van der Waals surface area contributed by atoms with Gasteiger partial charge in [0, 0.05) is 12.7 Å². The van der Waals surface area contributed by atoms with Crippen LogP contribution < -0.4 is 5.32 Å². The van der Waals surface area contributed by atoms with Crippen molar-refractivity contribution in [1.29, 1.82) is 0 Å². The van der Waals surface area contributed by atoms with E-state index in [4.69, 9.17) is 11.6 Å². The highest BCUT2D eigenvalue weighted by molar-refractivity contribution is 6.30. The molecule has 100 valence electrons. The van der Waals surface area contributed by atoms with Gasteiger partial charge >= 0.3 is 0 Å². The number of halogens is 1. The van der Waals surface area contributed by atoms with E-state index in [1.54, 1.807) is 6.33 Å². The first-order chi connectivity index (χ1) is 9.28. The van der Waals surface area contributed by atoms with Gasteiger partial charge in [0.05, 0.1) is 18.6 Å². The summed E-state index contributed by atoms with van der Waals surface area (Å²) < 4.78 is 2.04. The van der Waals surface area contributed by atoms with Crippen molar-refractivity contribution in [2.24, 2.45) is 0 Å². The third-order valence-electron chi connectivity index (χ3n) is 3.51. The summed E-state index contributed by atoms with van der Waals surface area (Å²) >= 11 is 6.07. The highest BCUT2D eigenvalue weighted by Crippen LogP contribution is 2.39. The number of aryl methyl sites for hydroxylation is 1. The zero-order valence-electron chi connectivity index (χ0n) is 10.9. The molecule has 0 saturated heterocycles. The van der Waals surface area contributed by atoms with Gasteiger partial charge < -0.3 is 9.88 Å². The standard InChI is InChI=1S/C14H17ClN4/c1-2-19-9-18-14(15)12(19)8-17-13-6-5-11(7-16-13)10-3-4-10/h5-7,9-10H,2-4,8H2,1H3,(H,16,17). The summed E-state index contributed by atoms with van der Waals surface area (Å²) in [5.74, 6) is 1.63. The number of pyridine rings is 1. The van der Waals surface area contributed by atoms with E-state index in [0.29, 0.717) is 11.7 Å². The zero-order chi connectivity index (χ0) is 13.2. The second kappa shape index (κ2) is 5.21. The highest BCUT2D eigenvalue weighted by Gasteiger charge is 2.23. The van der Waals surface area contributed by atoms with Crippen LogP contribution >= 0.6 is 11.6 Å². The molecule has 0 atom stereocenters. The third kappa shape index (κ3) is 2.73. The number of nitrogens with zero attached hydrogens (tertiary/aromatic N) is 3. The fourth-order valence-corrected chi connectivity index (χ4v) is 2.39. The Morgan fingerprint density at radius 1 is 1.37 bits per heavy atom. The first-order valence-electron chi connectivity index (χ1n) is 6.67. The van der Waals surface area contributed by atoms with Gasteiger partial charge in [0.15, 0.2) is 5.15 Å². The number of rotatable bonds is 5. The van der Waals surface area contributed by atoms with Crippen molar-refractivity contribution in [3.63, 3.8) is 0 Å². The Balaban J connectivity index is 1.66. The Labute approximate surface area is 117 Å². The van der Waals surface area contributed by atoms with Gasteiger partial charge in [-0.15, -0.1) is 0 Å².